The van der Waals surface area contributed by atoms with Crippen molar-refractivity contribution in [3.63, 3.8) is 0 Å². The zero-order chi connectivity index (χ0) is 10.1. The highest BCUT2D eigenvalue weighted by Gasteiger charge is 2.18. The molecule has 0 aliphatic rings. The lowest BCUT2D eigenvalue weighted by Crippen LogP contribution is -1.99. The second-order valence-corrected chi connectivity index (χ2v) is 2.63. The maximum Gasteiger partial charge on any atom is 0.356 e. The monoisotopic (exact) mass is 193 g/mol. The fourth-order valence-electron chi connectivity index (χ4n) is 1.15. The summed E-state index contributed by atoms with van der Waals surface area (Å²) in [5, 5.41) is 8.80. The zero-order valence-electron chi connectivity index (χ0n) is 7.02. The SMILES string of the molecule is Nc1nc(C(=O)O)c(-c2ccco2)[nH]1. The summed E-state index contributed by atoms with van der Waals surface area (Å²) in [5.41, 5.74) is 5.49. The van der Waals surface area contributed by atoms with Crippen LogP contribution in [0.3, 0.4) is 0 Å². The third-order valence-electron chi connectivity index (χ3n) is 1.69. The van der Waals surface area contributed by atoms with E-state index in [1.165, 1.54) is 6.26 Å². The van der Waals surface area contributed by atoms with Crippen LogP contribution in [0.15, 0.2) is 22.8 Å². The molecule has 2 rings (SSSR count). The number of furan rings is 1. The number of carboxylic acids is 1. The average molecular weight is 193 g/mol. The molecule has 0 spiro atoms. The number of H-pyrrole nitrogens is 1. The van der Waals surface area contributed by atoms with Crippen LogP contribution < -0.4 is 5.73 Å². The number of rotatable bonds is 2. The first-order chi connectivity index (χ1) is 6.68. The molecule has 4 N–H and O–H groups in total. The van der Waals surface area contributed by atoms with Gasteiger partial charge in [-0.05, 0) is 12.1 Å². The van der Waals surface area contributed by atoms with Crippen molar-refractivity contribution in [2.24, 2.45) is 0 Å². The fraction of sp³-hybridized carbons (Fsp3) is 0. The molecule has 2 aromatic rings. The third-order valence-corrected chi connectivity index (χ3v) is 1.69. The van der Waals surface area contributed by atoms with E-state index in [-0.39, 0.29) is 17.3 Å². The number of aromatic carboxylic acids is 1. The first-order valence-corrected chi connectivity index (χ1v) is 3.81. The quantitative estimate of drug-likeness (QED) is 0.658. The summed E-state index contributed by atoms with van der Waals surface area (Å²) in [7, 11) is 0. The van der Waals surface area contributed by atoms with Crippen molar-refractivity contribution < 1.29 is 14.3 Å². The average Bonchev–Trinajstić information content (AvgIpc) is 2.70. The number of hydrogen-bond donors (Lipinski definition) is 3. The van der Waals surface area contributed by atoms with E-state index >= 15 is 0 Å². The molecule has 0 aliphatic carbocycles. The molecule has 14 heavy (non-hydrogen) atoms. The zero-order valence-corrected chi connectivity index (χ0v) is 7.02. The van der Waals surface area contributed by atoms with Gasteiger partial charge < -0.3 is 20.2 Å². The van der Waals surface area contributed by atoms with Crippen molar-refractivity contribution in [1.29, 1.82) is 0 Å². The lowest BCUT2D eigenvalue weighted by atomic mass is 10.2. The van der Waals surface area contributed by atoms with Gasteiger partial charge in [0.1, 0.15) is 5.69 Å². The van der Waals surface area contributed by atoms with Gasteiger partial charge in [-0.1, -0.05) is 0 Å². The maximum absolute atomic E-state index is 10.8. The molecule has 0 bridgehead atoms. The minimum absolute atomic E-state index is 0.0498. The number of aromatic amines is 1. The molecule has 2 aromatic heterocycles. The van der Waals surface area contributed by atoms with Gasteiger partial charge in [-0.3, -0.25) is 0 Å². The second kappa shape index (κ2) is 2.91. The van der Waals surface area contributed by atoms with Crippen molar-refractivity contribution >= 4 is 11.9 Å². The van der Waals surface area contributed by atoms with Crippen LogP contribution in [0.4, 0.5) is 5.95 Å². The Kier molecular flexibility index (Phi) is 1.74. The van der Waals surface area contributed by atoms with Crippen LogP contribution in [0, 0.1) is 0 Å². The Morgan fingerprint density at radius 3 is 3.00 bits per heavy atom. The Balaban J connectivity index is 2.58. The molecule has 0 atom stereocenters. The summed E-state index contributed by atoms with van der Waals surface area (Å²) in [6.45, 7) is 0. The molecule has 0 saturated heterocycles. The lowest BCUT2D eigenvalue weighted by Gasteiger charge is -1.92. The Bertz CT molecular complexity index is 458. The van der Waals surface area contributed by atoms with Crippen molar-refractivity contribution in [2.45, 2.75) is 0 Å². The van der Waals surface area contributed by atoms with Crippen molar-refractivity contribution in [2.75, 3.05) is 5.73 Å². The van der Waals surface area contributed by atoms with Gasteiger partial charge in [0.2, 0.25) is 0 Å². The Morgan fingerprint density at radius 1 is 1.64 bits per heavy atom. The number of carbonyl (C=O) groups is 1. The maximum atomic E-state index is 10.8. The summed E-state index contributed by atoms with van der Waals surface area (Å²) in [5.74, 6) is -0.704. The molecule has 0 fully saturated rings. The Morgan fingerprint density at radius 2 is 2.43 bits per heavy atom. The summed E-state index contributed by atoms with van der Waals surface area (Å²) in [6.07, 6.45) is 1.44. The fourth-order valence-corrected chi connectivity index (χ4v) is 1.15. The van der Waals surface area contributed by atoms with Crippen LogP contribution in [-0.4, -0.2) is 21.0 Å². The summed E-state index contributed by atoms with van der Waals surface area (Å²) < 4.78 is 5.03. The predicted molar refractivity (Wildman–Crippen MR) is 47.7 cm³/mol. The molecule has 0 saturated carbocycles. The van der Waals surface area contributed by atoms with Crippen molar-refractivity contribution in [3.05, 3.63) is 24.1 Å². The molecular weight excluding hydrogens is 186 g/mol. The van der Waals surface area contributed by atoms with Crippen LogP contribution >= 0.6 is 0 Å². The summed E-state index contributed by atoms with van der Waals surface area (Å²) in [4.78, 5) is 17.0. The number of carboxylic acid groups (broad SMARTS) is 1. The van der Waals surface area contributed by atoms with Crippen LogP contribution in [0.5, 0.6) is 0 Å². The first kappa shape index (κ1) is 8.36. The largest absolute Gasteiger partial charge is 0.476 e. The van der Waals surface area contributed by atoms with Gasteiger partial charge >= 0.3 is 5.97 Å². The van der Waals surface area contributed by atoms with Gasteiger partial charge in [-0.2, -0.15) is 0 Å². The molecule has 6 heteroatoms. The van der Waals surface area contributed by atoms with Gasteiger partial charge in [0.25, 0.3) is 0 Å². The smallest absolute Gasteiger partial charge is 0.356 e. The van der Waals surface area contributed by atoms with Crippen LogP contribution in [0.1, 0.15) is 10.5 Å². The normalized spacial score (nSPS) is 10.3. The van der Waals surface area contributed by atoms with E-state index in [4.69, 9.17) is 15.3 Å². The molecule has 0 unspecified atom stereocenters. The Labute approximate surface area is 78.4 Å². The number of anilines is 1. The van der Waals surface area contributed by atoms with E-state index in [0.717, 1.165) is 0 Å². The molecule has 6 nitrogen and oxygen atoms in total. The topological polar surface area (TPSA) is 105 Å². The van der Waals surface area contributed by atoms with E-state index in [2.05, 4.69) is 9.97 Å². The van der Waals surface area contributed by atoms with Gasteiger partial charge in [0.05, 0.1) is 6.26 Å². The van der Waals surface area contributed by atoms with E-state index in [9.17, 15) is 4.79 Å². The van der Waals surface area contributed by atoms with Gasteiger partial charge in [0.15, 0.2) is 17.4 Å². The van der Waals surface area contributed by atoms with Gasteiger partial charge in [-0.25, -0.2) is 9.78 Å². The highest BCUT2D eigenvalue weighted by atomic mass is 16.4. The van der Waals surface area contributed by atoms with Gasteiger partial charge in [-0.15, -0.1) is 0 Å². The standard InChI is InChI=1S/C8H7N3O3/c9-8-10-5(4-2-1-3-14-4)6(11-8)7(12)13/h1-3H,(H,12,13)(H3,9,10,11). The molecule has 72 valence electrons. The number of aromatic nitrogens is 2. The van der Waals surface area contributed by atoms with Crippen molar-refractivity contribution in [1.82, 2.24) is 9.97 Å². The minimum Gasteiger partial charge on any atom is -0.476 e. The number of nitrogens with one attached hydrogen (secondary N) is 1. The summed E-state index contributed by atoms with van der Waals surface area (Å²) >= 11 is 0. The van der Waals surface area contributed by atoms with Crippen LogP contribution in [0.25, 0.3) is 11.5 Å². The van der Waals surface area contributed by atoms with E-state index < -0.39 is 5.97 Å². The number of nitrogens with two attached hydrogens (primary N) is 1. The highest BCUT2D eigenvalue weighted by molar-refractivity contribution is 5.92. The minimum atomic E-state index is -1.15. The summed E-state index contributed by atoms with van der Waals surface area (Å²) in [6, 6.07) is 3.28. The van der Waals surface area contributed by atoms with Crippen molar-refractivity contribution in [3.8, 4) is 11.5 Å². The number of nitrogen functional groups attached to an aromatic ring is 1. The number of imidazole rings is 1. The molecule has 0 aliphatic heterocycles. The molecule has 0 aromatic carbocycles. The first-order valence-electron chi connectivity index (χ1n) is 3.81. The highest BCUT2D eigenvalue weighted by Crippen LogP contribution is 2.22. The molecular formula is C8H7N3O3. The third kappa shape index (κ3) is 1.22. The van der Waals surface area contributed by atoms with Crippen LogP contribution in [-0.2, 0) is 0 Å². The molecule has 0 amide bonds. The van der Waals surface area contributed by atoms with E-state index in [1.54, 1.807) is 12.1 Å². The van der Waals surface area contributed by atoms with E-state index in [1.807, 2.05) is 0 Å². The van der Waals surface area contributed by atoms with Crippen LogP contribution in [0.2, 0.25) is 0 Å². The van der Waals surface area contributed by atoms with Gasteiger partial charge in [0, 0.05) is 0 Å². The number of nitrogens with zero attached hydrogens (tertiary/aromatic N) is 1. The molecule has 2 heterocycles. The second-order valence-electron chi connectivity index (χ2n) is 2.63. The lowest BCUT2D eigenvalue weighted by molar-refractivity contribution is 0.0692. The predicted octanol–water partition coefficient (Wildman–Crippen LogP) is 0.950. The van der Waals surface area contributed by atoms with E-state index in [0.29, 0.717) is 5.76 Å². The number of hydrogen-bond acceptors (Lipinski definition) is 4. The Hall–Kier alpha value is -2.24. The molecule has 0 radical (unpaired) electrons.